The number of carboxylic acids is 1. The summed E-state index contributed by atoms with van der Waals surface area (Å²) in [6.45, 7) is 7.12. The summed E-state index contributed by atoms with van der Waals surface area (Å²) in [5, 5.41) is 15.2. The largest absolute Gasteiger partial charge is 0.478 e. The van der Waals surface area contributed by atoms with Gasteiger partial charge < -0.3 is 15.7 Å². The second kappa shape index (κ2) is 6.48. The molecule has 0 bridgehead atoms. The average molecular weight is 304 g/mol. The molecule has 0 saturated carbocycles. The highest BCUT2D eigenvalue weighted by Gasteiger charge is 2.32. The van der Waals surface area contributed by atoms with Gasteiger partial charge in [-0.1, -0.05) is 26.0 Å². The quantitative estimate of drug-likeness (QED) is 0.798. The molecule has 1 fully saturated rings. The number of nitrogens with one attached hydrogen (secondary N) is 2. The van der Waals surface area contributed by atoms with Gasteiger partial charge in [-0.15, -0.1) is 0 Å². The Bertz CT molecular complexity index is 552. The van der Waals surface area contributed by atoms with E-state index in [2.05, 4.69) is 24.5 Å². The van der Waals surface area contributed by atoms with Gasteiger partial charge in [-0.3, -0.25) is 4.79 Å². The zero-order valence-corrected chi connectivity index (χ0v) is 13.3. The van der Waals surface area contributed by atoms with Crippen LogP contribution in [0.1, 0.15) is 55.6 Å². The van der Waals surface area contributed by atoms with Crippen molar-refractivity contribution in [2.45, 2.75) is 45.7 Å². The Kier molecular flexibility index (Phi) is 4.86. The zero-order chi connectivity index (χ0) is 16.3. The molecule has 1 saturated heterocycles. The van der Waals surface area contributed by atoms with Crippen molar-refractivity contribution in [3.05, 3.63) is 35.4 Å². The topological polar surface area (TPSA) is 78.4 Å². The molecule has 1 unspecified atom stereocenters. The van der Waals surface area contributed by atoms with Crippen LogP contribution in [0.5, 0.6) is 0 Å². The van der Waals surface area contributed by atoms with E-state index in [0.29, 0.717) is 0 Å². The summed E-state index contributed by atoms with van der Waals surface area (Å²) < 4.78 is 0. The molecule has 1 aliphatic rings. The highest BCUT2D eigenvalue weighted by molar-refractivity contribution is 5.87. The van der Waals surface area contributed by atoms with Crippen molar-refractivity contribution in [1.29, 1.82) is 0 Å². The van der Waals surface area contributed by atoms with Crippen LogP contribution >= 0.6 is 0 Å². The van der Waals surface area contributed by atoms with Crippen LogP contribution in [0.2, 0.25) is 0 Å². The molecular weight excluding hydrogens is 280 g/mol. The van der Waals surface area contributed by atoms with E-state index in [-0.39, 0.29) is 29.0 Å². The first kappa shape index (κ1) is 16.5. The number of rotatable bonds is 4. The molecule has 1 aromatic rings. The van der Waals surface area contributed by atoms with Crippen molar-refractivity contribution < 1.29 is 14.7 Å². The minimum absolute atomic E-state index is 0.00239. The molecule has 5 nitrogen and oxygen atoms in total. The lowest BCUT2D eigenvalue weighted by atomic mass is 9.79. The molecule has 3 N–H and O–H groups in total. The normalized spacial score (nSPS) is 21.9. The third-order valence-electron chi connectivity index (χ3n) is 4.28. The van der Waals surface area contributed by atoms with Crippen LogP contribution in [0.4, 0.5) is 0 Å². The molecule has 120 valence electrons. The summed E-state index contributed by atoms with van der Waals surface area (Å²) in [4.78, 5) is 23.2. The zero-order valence-electron chi connectivity index (χ0n) is 13.3. The molecule has 0 radical (unpaired) electrons. The van der Waals surface area contributed by atoms with E-state index in [1.54, 1.807) is 24.3 Å². The first-order valence-corrected chi connectivity index (χ1v) is 7.65. The summed E-state index contributed by atoms with van der Waals surface area (Å²) >= 11 is 0. The van der Waals surface area contributed by atoms with Crippen LogP contribution in [-0.4, -0.2) is 29.6 Å². The second-order valence-electron chi connectivity index (χ2n) is 6.78. The van der Waals surface area contributed by atoms with E-state index in [4.69, 9.17) is 5.11 Å². The predicted octanol–water partition coefficient (Wildman–Crippen LogP) is 2.34. The smallest absolute Gasteiger partial charge is 0.335 e. The molecule has 22 heavy (non-hydrogen) atoms. The van der Waals surface area contributed by atoms with Crippen LogP contribution in [0.15, 0.2) is 24.3 Å². The Morgan fingerprint density at radius 1 is 1.32 bits per heavy atom. The fraction of sp³-hybridized carbons (Fsp3) is 0.529. The van der Waals surface area contributed by atoms with E-state index >= 15 is 0 Å². The molecule has 0 spiro atoms. The number of benzene rings is 1. The number of carboxylic acid groups (broad SMARTS) is 1. The van der Waals surface area contributed by atoms with Gasteiger partial charge in [0.25, 0.3) is 0 Å². The van der Waals surface area contributed by atoms with Gasteiger partial charge in [-0.2, -0.15) is 0 Å². The molecule has 2 rings (SSSR count). The van der Waals surface area contributed by atoms with E-state index in [0.717, 1.165) is 24.9 Å². The summed E-state index contributed by atoms with van der Waals surface area (Å²) in [5.41, 5.74) is 1.32. The standard InChI is InChI=1S/C17H24N2O3/c1-11(12-4-6-13(7-5-12)16(21)22)19-15(20)14-10-17(2,3)8-9-18-14/h4-7,11,14,18H,8-10H2,1-3H3,(H,19,20)(H,21,22)/t11-,14?/m0/s1. The minimum Gasteiger partial charge on any atom is -0.478 e. The van der Waals surface area contributed by atoms with Gasteiger partial charge in [-0.25, -0.2) is 4.79 Å². The molecule has 1 amide bonds. The van der Waals surface area contributed by atoms with E-state index in [1.807, 2.05) is 6.92 Å². The molecule has 0 aromatic heterocycles. The predicted molar refractivity (Wildman–Crippen MR) is 84.8 cm³/mol. The molecular formula is C17H24N2O3. The van der Waals surface area contributed by atoms with Crippen LogP contribution in [0.3, 0.4) is 0 Å². The van der Waals surface area contributed by atoms with Gasteiger partial charge in [0.2, 0.25) is 5.91 Å². The van der Waals surface area contributed by atoms with E-state index in [9.17, 15) is 9.59 Å². The Morgan fingerprint density at radius 3 is 2.50 bits per heavy atom. The number of carbonyl (C=O) groups is 2. The van der Waals surface area contributed by atoms with Crippen molar-refractivity contribution in [3.63, 3.8) is 0 Å². The highest BCUT2D eigenvalue weighted by Crippen LogP contribution is 2.29. The van der Waals surface area contributed by atoms with Crippen LogP contribution in [0, 0.1) is 5.41 Å². The van der Waals surface area contributed by atoms with Crippen LogP contribution in [0.25, 0.3) is 0 Å². The Hall–Kier alpha value is -1.88. The van der Waals surface area contributed by atoms with E-state index in [1.165, 1.54) is 0 Å². The first-order chi connectivity index (χ1) is 10.3. The van der Waals surface area contributed by atoms with E-state index < -0.39 is 5.97 Å². The highest BCUT2D eigenvalue weighted by atomic mass is 16.4. The van der Waals surface area contributed by atoms with Crippen molar-refractivity contribution in [3.8, 4) is 0 Å². The summed E-state index contributed by atoms with van der Waals surface area (Å²) in [6.07, 6.45) is 1.90. The van der Waals surface area contributed by atoms with Gasteiger partial charge in [0.05, 0.1) is 17.6 Å². The number of aromatic carboxylic acids is 1. The molecule has 5 heteroatoms. The van der Waals surface area contributed by atoms with Crippen LogP contribution < -0.4 is 10.6 Å². The second-order valence-corrected chi connectivity index (χ2v) is 6.78. The van der Waals surface area contributed by atoms with Gasteiger partial charge in [0.15, 0.2) is 0 Å². The monoisotopic (exact) mass is 304 g/mol. The summed E-state index contributed by atoms with van der Waals surface area (Å²) in [6, 6.07) is 6.29. The van der Waals surface area contributed by atoms with Crippen LogP contribution in [-0.2, 0) is 4.79 Å². The maximum absolute atomic E-state index is 12.4. The van der Waals surface area contributed by atoms with Gasteiger partial charge in [0.1, 0.15) is 0 Å². The maximum atomic E-state index is 12.4. The fourth-order valence-electron chi connectivity index (χ4n) is 2.81. The molecule has 1 heterocycles. The molecule has 2 atom stereocenters. The summed E-state index contributed by atoms with van der Waals surface area (Å²) in [7, 11) is 0. The average Bonchev–Trinajstić information content (AvgIpc) is 2.46. The number of carbonyl (C=O) groups excluding carboxylic acids is 1. The lowest BCUT2D eigenvalue weighted by molar-refractivity contribution is -0.125. The van der Waals surface area contributed by atoms with Crippen molar-refractivity contribution in [1.82, 2.24) is 10.6 Å². The minimum atomic E-state index is -0.947. The lowest BCUT2D eigenvalue weighted by Gasteiger charge is -2.35. The van der Waals surface area contributed by atoms with Crippen molar-refractivity contribution in [2.75, 3.05) is 6.54 Å². The molecule has 1 aromatic carbocycles. The SMILES string of the molecule is C[C@H](NC(=O)C1CC(C)(C)CCN1)c1ccc(C(=O)O)cc1. The first-order valence-electron chi connectivity index (χ1n) is 7.65. The van der Waals surface area contributed by atoms with Crippen molar-refractivity contribution >= 4 is 11.9 Å². The summed E-state index contributed by atoms with van der Waals surface area (Å²) in [5.74, 6) is -0.945. The Labute approximate surface area is 131 Å². The Morgan fingerprint density at radius 2 is 1.95 bits per heavy atom. The number of hydrogen-bond donors (Lipinski definition) is 3. The molecule has 1 aliphatic heterocycles. The Balaban J connectivity index is 1.97. The number of amides is 1. The maximum Gasteiger partial charge on any atom is 0.335 e. The van der Waals surface area contributed by atoms with Gasteiger partial charge >= 0.3 is 5.97 Å². The number of piperidine rings is 1. The van der Waals surface area contributed by atoms with Gasteiger partial charge in [-0.05, 0) is 49.4 Å². The third kappa shape index (κ3) is 4.07. The molecule has 0 aliphatic carbocycles. The van der Waals surface area contributed by atoms with Crippen molar-refractivity contribution in [2.24, 2.45) is 5.41 Å². The number of hydrogen-bond acceptors (Lipinski definition) is 3. The van der Waals surface area contributed by atoms with Gasteiger partial charge in [0, 0.05) is 0 Å². The third-order valence-corrected chi connectivity index (χ3v) is 4.28. The fourth-order valence-corrected chi connectivity index (χ4v) is 2.81. The lowest BCUT2D eigenvalue weighted by Crippen LogP contribution is -2.51.